The predicted molar refractivity (Wildman–Crippen MR) is 76.3 cm³/mol. The Balaban J connectivity index is 2.08. The molecule has 1 heterocycles. The number of aromatic nitrogens is 1. The summed E-state index contributed by atoms with van der Waals surface area (Å²) >= 11 is 0. The summed E-state index contributed by atoms with van der Waals surface area (Å²) < 4.78 is 31.7. The first-order valence-electron chi connectivity index (χ1n) is 6.20. The fourth-order valence-electron chi connectivity index (χ4n) is 1.94. The number of amidine groups is 1. The van der Waals surface area contributed by atoms with Gasteiger partial charge in [-0.2, -0.15) is 0 Å². The van der Waals surface area contributed by atoms with Crippen molar-refractivity contribution in [1.29, 1.82) is 0 Å². The molecule has 6 heteroatoms. The van der Waals surface area contributed by atoms with E-state index < -0.39 is 11.6 Å². The molecule has 1 aromatic heterocycles. The van der Waals surface area contributed by atoms with Crippen LogP contribution >= 0.6 is 0 Å². The first-order chi connectivity index (χ1) is 10.0. The maximum Gasteiger partial charge on any atom is 0.227 e. The van der Waals surface area contributed by atoms with Crippen LogP contribution in [0.5, 0.6) is 0 Å². The van der Waals surface area contributed by atoms with E-state index in [4.69, 9.17) is 10.2 Å². The Bertz CT molecular complexity index is 851. The van der Waals surface area contributed by atoms with Gasteiger partial charge < -0.3 is 10.2 Å². The molecule has 3 aromatic rings. The predicted octanol–water partition coefficient (Wildman–Crippen LogP) is 3.78. The van der Waals surface area contributed by atoms with Crippen molar-refractivity contribution in [3.8, 4) is 11.5 Å². The van der Waals surface area contributed by atoms with Crippen molar-refractivity contribution in [2.45, 2.75) is 6.92 Å². The van der Waals surface area contributed by atoms with Crippen LogP contribution in [0, 0.1) is 11.6 Å². The van der Waals surface area contributed by atoms with Crippen molar-refractivity contribution in [3.63, 3.8) is 0 Å². The Morgan fingerprint density at radius 3 is 2.67 bits per heavy atom. The molecule has 0 bridgehead atoms. The zero-order valence-corrected chi connectivity index (χ0v) is 11.1. The maximum absolute atomic E-state index is 13.3. The summed E-state index contributed by atoms with van der Waals surface area (Å²) in [5.41, 5.74) is 7.63. The first kappa shape index (κ1) is 13.2. The van der Waals surface area contributed by atoms with Crippen molar-refractivity contribution in [3.05, 3.63) is 48.0 Å². The SMILES string of the molecule is CC(N)=Nc1ccc2oc(-c3ccc(F)c(F)c3)nc2c1. The van der Waals surface area contributed by atoms with Crippen LogP contribution in [0.1, 0.15) is 6.92 Å². The van der Waals surface area contributed by atoms with Crippen LogP contribution in [0.15, 0.2) is 45.8 Å². The molecule has 0 saturated heterocycles. The fraction of sp³-hybridized carbons (Fsp3) is 0.0667. The largest absolute Gasteiger partial charge is 0.436 e. The van der Waals surface area contributed by atoms with Gasteiger partial charge >= 0.3 is 0 Å². The van der Waals surface area contributed by atoms with E-state index in [1.54, 1.807) is 25.1 Å². The van der Waals surface area contributed by atoms with Gasteiger partial charge in [-0.15, -0.1) is 0 Å². The zero-order valence-electron chi connectivity index (χ0n) is 11.1. The van der Waals surface area contributed by atoms with Crippen molar-refractivity contribution < 1.29 is 13.2 Å². The second-order valence-electron chi connectivity index (χ2n) is 4.55. The lowest BCUT2D eigenvalue weighted by atomic mass is 10.2. The van der Waals surface area contributed by atoms with Gasteiger partial charge in [0.2, 0.25) is 5.89 Å². The Kier molecular flexibility index (Phi) is 3.13. The molecule has 0 unspecified atom stereocenters. The Morgan fingerprint density at radius 2 is 1.95 bits per heavy atom. The van der Waals surface area contributed by atoms with Gasteiger partial charge in [0.1, 0.15) is 5.52 Å². The van der Waals surface area contributed by atoms with Crippen LogP contribution in [0.3, 0.4) is 0 Å². The lowest BCUT2D eigenvalue weighted by molar-refractivity contribution is 0.508. The molecule has 0 atom stereocenters. The summed E-state index contributed by atoms with van der Waals surface area (Å²) in [5.74, 6) is -1.21. The number of rotatable bonds is 2. The number of hydrogen-bond donors (Lipinski definition) is 1. The van der Waals surface area contributed by atoms with Crippen LogP contribution in [0.25, 0.3) is 22.6 Å². The van der Waals surface area contributed by atoms with Crippen LogP contribution < -0.4 is 5.73 Å². The smallest absolute Gasteiger partial charge is 0.227 e. The Hall–Kier alpha value is -2.76. The molecule has 0 aliphatic rings. The summed E-state index contributed by atoms with van der Waals surface area (Å²) in [6, 6.07) is 8.63. The summed E-state index contributed by atoms with van der Waals surface area (Å²) in [5, 5.41) is 0. The third kappa shape index (κ3) is 2.60. The minimum Gasteiger partial charge on any atom is -0.436 e. The van der Waals surface area contributed by atoms with E-state index in [1.807, 2.05) is 0 Å². The van der Waals surface area contributed by atoms with Crippen molar-refractivity contribution in [1.82, 2.24) is 4.98 Å². The number of aliphatic imine (C=N–C) groups is 1. The van der Waals surface area contributed by atoms with Gasteiger partial charge in [0, 0.05) is 5.56 Å². The van der Waals surface area contributed by atoms with Crippen molar-refractivity contribution >= 4 is 22.6 Å². The lowest BCUT2D eigenvalue weighted by Crippen LogP contribution is -2.03. The molecule has 2 N–H and O–H groups in total. The molecular weight excluding hydrogens is 276 g/mol. The number of benzene rings is 2. The highest BCUT2D eigenvalue weighted by Crippen LogP contribution is 2.27. The van der Waals surface area contributed by atoms with E-state index in [0.717, 1.165) is 12.1 Å². The van der Waals surface area contributed by atoms with E-state index in [2.05, 4.69) is 9.98 Å². The number of nitrogens with two attached hydrogens (primary N) is 1. The molecule has 0 fully saturated rings. The van der Waals surface area contributed by atoms with E-state index in [-0.39, 0.29) is 5.89 Å². The molecule has 0 radical (unpaired) electrons. The summed E-state index contributed by atoms with van der Waals surface area (Å²) in [6.07, 6.45) is 0. The Labute approximate surface area is 118 Å². The molecule has 0 spiro atoms. The molecule has 3 rings (SSSR count). The van der Waals surface area contributed by atoms with E-state index >= 15 is 0 Å². The molecule has 4 nitrogen and oxygen atoms in total. The van der Waals surface area contributed by atoms with E-state index in [9.17, 15) is 8.78 Å². The van der Waals surface area contributed by atoms with Gasteiger partial charge in [-0.25, -0.2) is 18.8 Å². The van der Waals surface area contributed by atoms with E-state index in [0.29, 0.717) is 28.2 Å². The zero-order chi connectivity index (χ0) is 15.0. The van der Waals surface area contributed by atoms with Crippen LogP contribution in [0.2, 0.25) is 0 Å². The molecular formula is C15H11F2N3O. The monoisotopic (exact) mass is 287 g/mol. The topological polar surface area (TPSA) is 64.4 Å². The summed E-state index contributed by atoms with van der Waals surface area (Å²) in [6.45, 7) is 1.68. The fourth-order valence-corrected chi connectivity index (χ4v) is 1.94. The third-order valence-corrected chi connectivity index (χ3v) is 2.84. The maximum atomic E-state index is 13.3. The number of hydrogen-bond acceptors (Lipinski definition) is 3. The average Bonchev–Trinajstić information content (AvgIpc) is 2.84. The van der Waals surface area contributed by atoms with Gasteiger partial charge in [-0.05, 0) is 43.3 Å². The quantitative estimate of drug-likeness (QED) is 0.576. The molecule has 2 aromatic carbocycles. The van der Waals surface area contributed by atoms with Crippen LogP contribution in [0.4, 0.5) is 14.5 Å². The van der Waals surface area contributed by atoms with E-state index in [1.165, 1.54) is 6.07 Å². The number of fused-ring (bicyclic) bond motifs is 1. The average molecular weight is 287 g/mol. The second kappa shape index (κ2) is 4.97. The highest BCUT2D eigenvalue weighted by Gasteiger charge is 2.11. The number of halogens is 2. The second-order valence-corrected chi connectivity index (χ2v) is 4.55. The standard InChI is InChI=1S/C15H11F2N3O/c1-8(18)19-10-3-5-14-13(7-10)20-15(21-14)9-2-4-11(16)12(17)6-9/h2-7H,1H3,(H2,18,19). The molecule has 0 amide bonds. The van der Waals surface area contributed by atoms with Gasteiger partial charge in [-0.1, -0.05) is 0 Å². The molecule has 0 aliphatic heterocycles. The van der Waals surface area contributed by atoms with Crippen LogP contribution in [-0.2, 0) is 0 Å². The molecule has 21 heavy (non-hydrogen) atoms. The normalized spacial score (nSPS) is 12.0. The number of nitrogens with zero attached hydrogens (tertiary/aromatic N) is 2. The molecule has 0 saturated carbocycles. The minimum absolute atomic E-state index is 0.217. The number of oxazole rings is 1. The minimum atomic E-state index is -0.946. The van der Waals surface area contributed by atoms with Gasteiger partial charge in [0.15, 0.2) is 17.2 Å². The summed E-state index contributed by atoms with van der Waals surface area (Å²) in [7, 11) is 0. The van der Waals surface area contributed by atoms with Crippen molar-refractivity contribution in [2.75, 3.05) is 0 Å². The summed E-state index contributed by atoms with van der Waals surface area (Å²) in [4.78, 5) is 8.38. The van der Waals surface area contributed by atoms with Crippen molar-refractivity contribution in [2.24, 2.45) is 10.7 Å². The van der Waals surface area contributed by atoms with Gasteiger partial charge in [0.25, 0.3) is 0 Å². The highest BCUT2D eigenvalue weighted by atomic mass is 19.2. The lowest BCUT2D eigenvalue weighted by Gasteiger charge is -1.96. The molecule has 0 aliphatic carbocycles. The van der Waals surface area contributed by atoms with Crippen LogP contribution in [-0.4, -0.2) is 10.8 Å². The van der Waals surface area contributed by atoms with Gasteiger partial charge in [-0.3, -0.25) is 0 Å². The third-order valence-electron chi connectivity index (χ3n) is 2.84. The Morgan fingerprint density at radius 1 is 1.14 bits per heavy atom. The van der Waals surface area contributed by atoms with Gasteiger partial charge in [0.05, 0.1) is 11.5 Å². The first-order valence-corrected chi connectivity index (χ1v) is 6.20. The molecule has 106 valence electrons. The highest BCUT2D eigenvalue weighted by molar-refractivity contribution is 5.84.